The molecule has 41 heavy (non-hydrogen) atoms. The van der Waals surface area contributed by atoms with Gasteiger partial charge in [0.2, 0.25) is 6.29 Å². The van der Waals surface area contributed by atoms with Crippen molar-refractivity contribution < 1.29 is 83.9 Å². The van der Waals surface area contributed by atoms with Crippen molar-refractivity contribution in [2.24, 2.45) is 0 Å². The Kier molecular flexibility index (Phi) is 10.3. The number of hydrogen-bond acceptors (Lipinski definition) is 16. The summed E-state index contributed by atoms with van der Waals surface area (Å²) in [5.74, 6) is -0.948. The molecule has 17 nitrogen and oxygen atoms in total. The van der Waals surface area contributed by atoms with Crippen LogP contribution in [0.4, 0.5) is 0 Å². The van der Waals surface area contributed by atoms with Gasteiger partial charge in [-0.1, -0.05) is 0 Å². The van der Waals surface area contributed by atoms with Crippen molar-refractivity contribution in [3.05, 3.63) is 24.3 Å². The van der Waals surface area contributed by atoms with Gasteiger partial charge in [0, 0.05) is 0 Å². The highest BCUT2D eigenvalue weighted by Crippen LogP contribution is 2.33. The second-order valence-electron chi connectivity index (χ2n) is 9.70. The highest BCUT2D eigenvalue weighted by Gasteiger charge is 2.53. The molecule has 3 saturated heterocycles. The fraction of sp³-hybridized carbons (Fsp3) is 0.708. The maximum Gasteiger partial charge on any atom is 0.335 e. The van der Waals surface area contributed by atoms with E-state index in [0.717, 1.165) is 0 Å². The number of rotatable bonds is 9. The summed E-state index contributed by atoms with van der Waals surface area (Å²) < 4.78 is 38.7. The molecule has 0 radical (unpaired) electrons. The summed E-state index contributed by atoms with van der Waals surface area (Å²) in [6.07, 6.45) is -24.6. The largest absolute Gasteiger partial charge is 0.497 e. The van der Waals surface area contributed by atoms with E-state index < -0.39 is 105 Å². The molecule has 9 N–H and O–H groups in total. The molecule has 0 bridgehead atoms. The molecular weight excluding hydrogens is 560 g/mol. The third-order valence-electron chi connectivity index (χ3n) is 6.96. The molecule has 17 heteroatoms. The summed E-state index contributed by atoms with van der Waals surface area (Å²) in [7, 11) is 1.46. The molecule has 3 aliphatic heterocycles. The van der Waals surface area contributed by atoms with Crippen molar-refractivity contribution in [2.45, 2.75) is 86.0 Å². The van der Waals surface area contributed by atoms with Gasteiger partial charge in [-0.3, -0.25) is 0 Å². The molecular formula is C24H34O17. The summed E-state index contributed by atoms with van der Waals surface area (Å²) in [5.41, 5.74) is 0. The molecule has 3 fully saturated rings. The van der Waals surface area contributed by atoms with E-state index in [-0.39, 0.29) is 5.75 Å². The van der Waals surface area contributed by atoms with E-state index in [0.29, 0.717) is 5.75 Å². The number of carboxylic acid groups (broad SMARTS) is 1. The van der Waals surface area contributed by atoms with E-state index in [1.54, 1.807) is 12.1 Å². The topological polar surface area (TPSA) is 264 Å². The zero-order valence-corrected chi connectivity index (χ0v) is 21.6. The molecule has 0 aromatic heterocycles. The highest BCUT2D eigenvalue weighted by molar-refractivity contribution is 5.73. The molecule has 0 amide bonds. The van der Waals surface area contributed by atoms with Crippen LogP contribution in [0.2, 0.25) is 0 Å². The van der Waals surface area contributed by atoms with Gasteiger partial charge in [0.15, 0.2) is 24.8 Å². The monoisotopic (exact) mass is 594 g/mol. The van der Waals surface area contributed by atoms with E-state index in [1.165, 1.54) is 19.2 Å². The molecule has 3 aliphatic rings. The minimum atomic E-state index is -2.01. The third-order valence-corrected chi connectivity index (χ3v) is 6.96. The zero-order valence-electron chi connectivity index (χ0n) is 21.6. The lowest BCUT2D eigenvalue weighted by atomic mass is 9.98. The standard InChI is InChI=1S/C24H34O17/c1-35-8-2-4-9(5-3-8)37-24-20(41-22-16(31)13(28)12(27)11(6-25)38-22)18(10(26)7-36-24)39-23-17(32)14(29)15(30)19(40-23)21(33)34/h2-5,10-20,22-32H,6-7H2,1H3,(H,33,34)/t10-,11+,12-,13-,14-,15+,16+,17+,18-,19-,20+,22-,23+,24-/m0/s1. The summed E-state index contributed by atoms with van der Waals surface area (Å²) in [6, 6.07) is 6.16. The summed E-state index contributed by atoms with van der Waals surface area (Å²) in [4.78, 5) is 11.5. The zero-order chi connectivity index (χ0) is 30.0. The first-order valence-electron chi connectivity index (χ1n) is 12.6. The number of carboxylic acids is 1. The SMILES string of the molecule is COc1ccc(O[C@@H]2OC[C@H](O)[C@H](O[C@@H]3O[C@H](C(=O)O)[C@H](O)[C@H](O)[C@H]3O)[C@H]2O[C@@H]2O[C@H](CO)[C@H](O)[C@H](O)[C@H]2O)cc1. The average Bonchev–Trinajstić information content (AvgIpc) is 2.96. The van der Waals surface area contributed by atoms with Gasteiger partial charge in [-0.25, -0.2) is 4.79 Å². The maximum absolute atomic E-state index is 11.5. The average molecular weight is 595 g/mol. The number of hydrogen-bond donors (Lipinski definition) is 9. The van der Waals surface area contributed by atoms with E-state index in [9.17, 15) is 50.8 Å². The van der Waals surface area contributed by atoms with Crippen LogP contribution >= 0.6 is 0 Å². The highest BCUT2D eigenvalue weighted by atomic mass is 16.8. The second-order valence-corrected chi connectivity index (χ2v) is 9.70. The lowest BCUT2D eigenvalue weighted by Gasteiger charge is -2.47. The van der Waals surface area contributed by atoms with Crippen LogP contribution in [0, 0.1) is 0 Å². The molecule has 1 aromatic rings. The van der Waals surface area contributed by atoms with Crippen LogP contribution in [-0.2, 0) is 28.5 Å². The van der Waals surface area contributed by atoms with E-state index in [2.05, 4.69) is 0 Å². The van der Waals surface area contributed by atoms with Crippen molar-refractivity contribution >= 4 is 5.97 Å². The van der Waals surface area contributed by atoms with E-state index >= 15 is 0 Å². The van der Waals surface area contributed by atoms with Crippen molar-refractivity contribution in [1.82, 2.24) is 0 Å². The molecule has 1 aromatic carbocycles. The molecule has 3 heterocycles. The third kappa shape index (κ3) is 6.73. The molecule has 4 rings (SSSR count). The molecule has 0 aliphatic carbocycles. The number of ether oxygens (including phenoxy) is 7. The Morgan fingerprint density at radius 1 is 0.780 bits per heavy atom. The Morgan fingerprint density at radius 3 is 1.93 bits per heavy atom. The first-order chi connectivity index (χ1) is 19.5. The van der Waals surface area contributed by atoms with Gasteiger partial charge in [0.25, 0.3) is 0 Å². The number of aliphatic carboxylic acids is 1. The fourth-order valence-corrected chi connectivity index (χ4v) is 4.61. The molecule has 14 atom stereocenters. The van der Waals surface area contributed by atoms with Crippen LogP contribution in [0.3, 0.4) is 0 Å². The van der Waals surface area contributed by atoms with Crippen molar-refractivity contribution in [3.63, 3.8) is 0 Å². The van der Waals surface area contributed by atoms with Gasteiger partial charge >= 0.3 is 5.97 Å². The van der Waals surface area contributed by atoms with Gasteiger partial charge in [-0.15, -0.1) is 0 Å². The Balaban J connectivity index is 1.62. The molecule has 232 valence electrons. The molecule has 0 unspecified atom stereocenters. The number of aliphatic hydroxyl groups excluding tert-OH is 8. The molecule has 0 saturated carbocycles. The van der Waals surface area contributed by atoms with E-state index in [4.69, 9.17) is 33.2 Å². The Bertz CT molecular complexity index is 993. The Hall–Kier alpha value is -2.23. The van der Waals surface area contributed by atoms with Crippen molar-refractivity contribution in [1.29, 1.82) is 0 Å². The lowest BCUT2D eigenvalue weighted by Crippen LogP contribution is -2.66. The van der Waals surface area contributed by atoms with Gasteiger partial charge in [0.1, 0.15) is 66.4 Å². The number of methoxy groups -OCH3 is 1. The number of aliphatic hydroxyl groups is 8. The van der Waals surface area contributed by atoms with Crippen LogP contribution in [0.5, 0.6) is 11.5 Å². The van der Waals surface area contributed by atoms with Crippen LogP contribution < -0.4 is 9.47 Å². The summed E-state index contributed by atoms with van der Waals surface area (Å²) >= 11 is 0. The summed E-state index contributed by atoms with van der Waals surface area (Å²) in [5, 5.41) is 91.2. The van der Waals surface area contributed by atoms with E-state index in [1.807, 2.05) is 0 Å². The van der Waals surface area contributed by atoms with Crippen LogP contribution in [-0.4, -0.2) is 158 Å². The molecule has 0 spiro atoms. The minimum Gasteiger partial charge on any atom is -0.497 e. The van der Waals surface area contributed by atoms with Gasteiger partial charge in [-0.05, 0) is 24.3 Å². The van der Waals surface area contributed by atoms with Gasteiger partial charge in [0.05, 0.1) is 20.3 Å². The van der Waals surface area contributed by atoms with Crippen molar-refractivity contribution in [3.8, 4) is 11.5 Å². The predicted octanol–water partition coefficient (Wildman–Crippen LogP) is -4.75. The number of benzene rings is 1. The van der Waals surface area contributed by atoms with Crippen LogP contribution in [0.15, 0.2) is 24.3 Å². The lowest BCUT2D eigenvalue weighted by molar-refractivity contribution is -0.373. The van der Waals surface area contributed by atoms with Crippen LogP contribution in [0.25, 0.3) is 0 Å². The smallest absolute Gasteiger partial charge is 0.335 e. The predicted molar refractivity (Wildman–Crippen MR) is 127 cm³/mol. The number of carbonyl (C=O) groups is 1. The second kappa shape index (κ2) is 13.4. The van der Waals surface area contributed by atoms with Gasteiger partial charge < -0.3 is 79.1 Å². The quantitative estimate of drug-likeness (QED) is 0.130. The van der Waals surface area contributed by atoms with Gasteiger partial charge in [-0.2, -0.15) is 0 Å². The fourth-order valence-electron chi connectivity index (χ4n) is 4.61. The first kappa shape index (κ1) is 31.7. The van der Waals surface area contributed by atoms with Crippen LogP contribution in [0.1, 0.15) is 0 Å². The minimum absolute atomic E-state index is 0.215. The Morgan fingerprint density at radius 2 is 1.34 bits per heavy atom. The normalized spacial score (nSPS) is 43.3. The maximum atomic E-state index is 11.5. The first-order valence-corrected chi connectivity index (χ1v) is 12.6. The summed E-state index contributed by atoms with van der Waals surface area (Å²) in [6.45, 7) is -1.21. The Labute approximate surface area is 232 Å². The van der Waals surface area contributed by atoms with Crippen molar-refractivity contribution in [2.75, 3.05) is 20.3 Å².